The van der Waals surface area contributed by atoms with Crippen molar-refractivity contribution in [2.24, 2.45) is 5.41 Å². The summed E-state index contributed by atoms with van der Waals surface area (Å²) in [7, 11) is 1.52. The molecule has 0 aromatic heterocycles. The van der Waals surface area contributed by atoms with Crippen LogP contribution in [0.25, 0.3) is 10.9 Å². The predicted octanol–water partition coefficient (Wildman–Crippen LogP) is 3.97. The van der Waals surface area contributed by atoms with Gasteiger partial charge in [-0.15, -0.1) is 0 Å². The van der Waals surface area contributed by atoms with E-state index in [-0.39, 0.29) is 30.1 Å². The zero-order chi connectivity index (χ0) is 30.8. The molecule has 10 heteroatoms. The number of likely N-dealkylation sites (tertiary alicyclic amines) is 1. The number of anilines is 1. The van der Waals surface area contributed by atoms with Crippen molar-refractivity contribution in [3.8, 4) is 0 Å². The van der Waals surface area contributed by atoms with Gasteiger partial charge in [0, 0.05) is 25.4 Å². The molecule has 4 amide bonds. The van der Waals surface area contributed by atoms with Crippen molar-refractivity contribution in [1.82, 2.24) is 15.1 Å². The second kappa shape index (κ2) is 11.8. The fourth-order valence-electron chi connectivity index (χ4n) is 5.65. The van der Waals surface area contributed by atoms with E-state index in [4.69, 9.17) is 6.57 Å². The zero-order valence-electron chi connectivity index (χ0n) is 24.5. The fourth-order valence-corrected chi connectivity index (χ4v) is 5.65. The summed E-state index contributed by atoms with van der Waals surface area (Å²) in [5.74, 6) is -2.03. The maximum Gasteiger partial charge on any atom is 0.302 e. The number of likely N-dealkylation sites (N-methyl/N-ethyl adjacent to an activating group) is 1. The zero-order valence-corrected chi connectivity index (χ0v) is 24.5. The summed E-state index contributed by atoms with van der Waals surface area (Å²) in [5.41, 5.74) is 0.670. The van der Waals surface area contributed by atoms with Crippen LogP contribution < -0.4 is 10.6 Å². The van der Waals surface area contributed by atoms with Gasteiger partial charge < -0.3 is 15.5 Å². The molecule has 42 heavy (non-hydrogen) atoms. The third kappa shape index (κ3) is 6.20. The number of carbonyl (C=O) groups excluding carboxylic acids is 4. The highest BCUT2D eigenvalue weighted by Gasteiger charge is 2.59. The van der Waals surface area contributed by atoms with E-state index in [1.807, 2.05) is 39.0 Å². The minimum atomic E-state index is -1.03. The molecule has 2 aliphatic heterocycles. The maximum atomic E-state index is 14.2. The predicted molar refractivity (Wildman–Crippen MR) is 157 cm³/mol. The number of fused-ring (bicyclic) bond motifs is 2. The van der Waals surface area contributed by atoms with Gasteiger partial charge in [-0.2, -0.15) is 0 Å². The van der Waals surface area contributed by atoms with Gasteiger partial charge in [0.15, 0.2) is 0 Å². The first-order chi connectivity index (χ1) is 19.8. The molecule has 9 nitrogen and oxygen atoms in total. The lowest BCUT2D eigenvalue weighted by Crippen LogP contribution is -2.56. The molecule has 2 aromatic carbocycles. The lowest BCUT2D eigenvalue weighted by Gasteiger charge is -2.36. The van der Waals surface area contributed by atoms with Crippen LogP contribution in [-0.4, -0.2) is 65.3 Å². The lowest BCUT2D eigenvalue weighted by molar-refractivity contribution is -0.147. The molecule has 0 aliphatic carbocycles. The van der Waals surface area contributed by atoms with Gasteiger partial charge in [-0.1, -0.05) is 51.1 Å². The first kappa shape index (κ1) is 30.4. The van der Waals surface area contributed by atoms with Crippen molar-refractivity contribution < 1.29 is 23.6 Å². The summed E-state index contributed by atoms with van der Waals surface area (Å²) in [6.45, 7) is 15.3. The summed E-state index contributed by atoms with van der Waals surface area (Å²) < 4.78 is 13.1. The summed E-state index contributed by atoms with van der Waals surface area (Å²) in [6, 6.07) is 11.0. The third-order valence-corrected chi connectivity index (χ3v) is 7.82. The SMILES string of the molecule is [C-]#[N+][C@@H]1C[C@@]2(CN1C(=O)[C@H](CC(C)(C)C)N(C)C(=O)[C@H](C)NC(=O)/C=C/c1ccc(F)cc1)C(=O)Nc1ccccc12. The first-order valence-electron chi connectivity index (χ1n) is 13.8. The second-order valence-electron chi connectivity index (χ2n) is 12.2. The van der Waals surface area contributed by atoms with Crippen molar-refractivity contribution in [1.29, 1.82) is 0 Å². The Balaban J connectivity index is 1.53. The van der Waals surface area contributed by atoms with Gasteiger partial charge in [0.1, 0.15) is 23.3 Å². The van der Waals surface area contributed by atoms with E-state index < -0.39 is 41.4 Å². The Morgan fingerprint density at radius 2 is 1.88 bits per heavy atom. The van der Waals surface area contributed by atoms with Crippen LogP contribution in [0.15, 0.2) is 54.6 Å². The average molecular weight is 574 g/mol. The quantitative estimate of drug-likeness (QED) is 0.387. The average Bonchev–Trinajstić information content (AvgIpc) is 3.47. The van der Waals surface area contributed by atoms with Crippen LogP contribution in [0, 0.1) is 17.8 Å². The van der Waals surface area contributed by atoms with Crippen LogP contribution in [0.2, 0.25) is 0 Å². The summed E-state index contributed by atoms with van der Waals surface area (Å²) in [4.78, 5) is 59.9. The number of carbonyl (C=O) groups is 4. The van der Waals surface area contributed by atoms with Crippen LogP contribution in [0.5, 0.6) is 0 Å². The highest BCUT2D eigenvalue weighted by molar-refractivity contribution is 6.07. The van der Waals surface area contributed by atoms with Crippen molar-refractivity contribution in [2.75, 3.05) is 18.9 Å². The molecule has 4 atom stereocenters. The van der Waals surface area contributed by atoms with Crippen LogP contribution in [0.1, 0.15) is 51.7 Å². The molecular weight excluding hydrogens is 537 g/mol. The highest BCUT2D eigenvalue weighted by atomic mass is 19.1. The number of benzene rings is 2. The van der Waals surface area contributed by atoms with Crippen LogP contribution in [0.4, 0.5) is 10.1 Å². The van der Waals surface area contributed by atoms with Crippen LogP contribution >= 0.6 is 0 Å². The van der Waals surface area contributed by atoms with Crippen LogP contribution in [0.3, 0.4) is 0 Å². The molecule has 0 bridgehead atoms. The number of hydrogen-bond acceptors (Lipinski definition) is 4. The number of halogens is 1. The Bertz CT molecular complexity index is 1460. The van der Waals surface area contributed by atoms with Crippen molar-refractivity contribution in [3.05, 3.63) is 83.0 Å². The minimum Gasteiger partial charge on any atom is -0.341 e. The Hall–Kier alpha value is -4.52. The summed E-state index contributed by atoms with van der Waals surface area (Å²) in [5, 5.41) is 5.52. The largest absolute Gasteiger partial charge is 0.341 e. The van der Waals surface area contributed by atoms with E-state index in [1.165, 1.54) is 60.2 Å². The topological polar surface area (TPSA) is 103 Å². The number of para-hydroxylation sites is 1. The number of hydrogen-bond donors (Lipinski definition) is 2. The first-order valence-corrected chi connectivity index (χ1v) is 13.8. The molecule has 220 valence electrons. The van der Waals surface area contributed by atoms with Gasteiger partial charge in [0.25, 0.3) is 5.91 Å². The summed E-state index contributed by atoms with van der Waals surface area (Å²) in [6.07, 6.45) is 2.36. The molecule has 1 saturated heterocycles. The lowest BCUT2D eigenvalue weighted by atomic mass is 9.80. The molecule has 2 aliphatic rings. The molecule has 0 saturated carbocycles. The van der Waals surface area contributed by atoms with Gasteiger partial charge in [-0.25, -0.2) is 11.0 Å². The Morgan fingerprint density at radius 1 is 1.21 bits per heavy atom. The van der Waals surface area contributed by atoms with E-state index >= 15 is 0 Å². The molecule has 2 N–H and O–H groups in total. The molecule has 4 rings (SSSR count). The van der Waals surface area contributed by atoms with Crippen LogP contribution in [-0.2, 0) is 24.6 Å². The van der Waals surface area contributed by atoms with Crippen molar-refractivity contribution in [3.63, 3.8) is 0 Å². The maximum absolute atomic E-state index is 14.2. The van der Waals surface area contributed by atoms with Crippen molar-refractivity contribution >= 4 is 35.4 Å². The third-order valence-electron chi connectivity index (χ3n) is 7.82. The standard InChI is InChI=1S/C32H36FN5O4/c1-20(35-27(39)16-13-21-11-14-22(33)15-12-21)28(40)37(6)25(17-31(2,3)4)29(41)38-19-32(18-26(38)34-5)23-9-7-8-10-24(23)36-30(32)42/h7-16,20,25-26H,17-19H2,1-4,6H3,(H,35,39)(H,36,42)/b16-13+/t20-,25-,26-,32-/m0/s1. The Labute approximate surface area is 245 Å². The highest BCUT2D eigenvalue weighted by Crippen LogP contribution is 2.47. The van der Waals surface area contributed by atoms with E-state index in [1.54, 1.807) is 6.07 Å². The molecule has 1 fully saturated rings. The second-order valence-corrected chi connectivity index (χ2v) is 12.2. The van der Waals surface area contributed by atoms with E-state index in [9.17, 15) is 23.6 Å². The molecule has 0 unspecified atom stereocenters. The normalized spacial score (nSPS) is 21.0. The molecule has 1 spiro atoms. The molecule has 0 radical (unpaired) electrons. The van der Waals surface area contributed by atoms with Gasteiger partial charge in [-0.3, -0.25) is 28.9 Å². The van der Waals surface area contributed by atoms with Gasteiger partial charge in [0.2, 0.25) is 17.7 Å². The van der Waals surface area contributed by atoms with Gasteiger partial charge >= 0.3 is 6.17 Å². The number of amides is 4. The van der Waals surface area contributed by atoms with E-state index in [2.05, 4.69) is 15.5 Å². The number of rotatable bonds is 7. The molecule has 2 aromatic rings. The number of nitrogens with zero attached hydrogens (tertiary/aromatic N) is 3. The van der Waals surface area contributed by atoms with Gasteiger partial charge in [0.05, 0.1) is 6.42 Å². The monoisotopic (exact) mass is 573 g/mol. The number of nitrogens with one attached hydrogen (secondary N) is 2. The smallest absolute Gasteiger partial charge is 0.302 e. The summed E-state index contributed by atoms with van der Waals surface area (Å²) >= 11 is 0. The minimum absolute atomic E-state index is 0.0326. The Kier molecular flexibility index (Phi) is 8.53. The van der Waals surface area contributed by atoms with E-state index in [0.717, 1.165) is 5.56 Å². The van der Waals surface area contributed by atoms with Gasteiger partial charge in [-0.05, 0) is 54.2 Å². The molecule has 2 heterocycles. The van der Waals surface area contributed by atoms with Crippen molar-refractivity contribution in [2.45, 2.75) is 64.2 Å². The fraction of sp³-hybridized carbons (Fsp3) is 0.406. The van der Waals surface area contributed by atoms with E-state index in [0.29, 0.717) is 17.7 Å². The Morgan fingerprint density at radius 3 is 2.52 bits per heavy atom. The molecular formula is C32H36FN5O4.